The van der Waals surface area contributed by atoms with Crippen molar-refractivity contribution in [1.29, 1.82) is 0 Å². The van der Waals surface area contributed by atoms with Gasteiger partial charge >= 0.3 is 0 Å². The minimum Gasteiger partial charge on any atom is -0.492 e. The fourth-order valence-electron chi connectivity index (χ4n) is 1.87. The number of nitrogens with two attached hydrogens (primary N) is 1. The van der Waals surface area contributed by atoms with E-state index in [1.807, 2.05) is 0 Å². The first-order valence-corrected chi connectivity index (χ1v) is 8.11. The molecule has 23 heavy (non-hydrogen) atoms. The minimum atomic E-state index is -4.10. The van der Waals surface area contributed by atoms with E-state index < -0.39 is 25.5 Å². The zero-order valence-electron chi connectivity index (χ0n) is 12.0. The molecule has 0 aromatic heterocycles. The molecule has 0 atom stereocenters. The van der Waals surface area contributed by atoms with E-state index in [1.54, 1.807) is 12.1 Å². The van der Waals surface area contributed by atoms with E-state index in [9.17, 15) is 18.5 Å². The van der Waals surface area contributed by atoms with Crippen molar-refractivity contribution in [1.82, 2.24) is 0 Å². The van der Waals surface area contributed by atoms with Crippen LogP contribution in [0, 0.1) is 10.1 Å². The molecule has 0 saturated carbocycles. The maximum Gasteiger partial charge on any atom is 0.289 e. The molecule has 122 valence electrons. The molecule has 0 aliphatic rings. The summed E-state index contributed by atoms with van der Waals surface area (Å²) in [5.41, 5.74) is 5.08. The van der Waals surface area contributed by atoms with Gasteiger partial charge in [0.25, 0.3) is 15.7 Å². The highest BCUT2D eigenvalue weighted by Gasteiger charge is 2.25. The first-order valence-electron chi connectivity index (χ1n) is 6.63. The minimum absolute atomic E-state index is 0.234. The van der Waals surface area contributed by atoms with Crippen LogP contribution in [0.3, 0.4) is 0 Å². The standard InChI is InChI=1S/C14H15N3O5S/c15-8-9-22-12-5-3-4-11(10-12)16-23(20,21)14-7-2-1-6-13(14)17(18)19/h1-7,10,16H,8-9,15H2. The fourth-order valence-corrected chi connectivity index (χ4v) is 3.09. The summed E-state index contributed by atoms with van der Waals surface area (Å²) in [6.45, 7) is 0.618. The van der Waals surface area contributed by atoms with Crippen LogP contribution in [0.15, 0.2) is 53.4 Å². The number of nitrogens with zero attached hydrogens (tertiary/aromatic N) is 1. The zero-order valence-corrected chi connectivity index (χ0v) is 12.8. The number of nitro groups is 1. The number of anilines is 1. The maximum absolute atomic E-state index is 12.4. The van der Waals surface area contributed by atoms with Gasteiger partial charge in [-0.1, -0.05) is 18.2 Å². The molecule has 0 amide bonds. The molecular weight excluding hydrogens is 322 g/mol. The molecule has 0 aliphatic carbocycles. The smallest absolute Gasteiger partial charge is 0.289 e. The molecule has 2 aromatic carbocycles. The summed E-state index contributed by atoms with van der Waals surface area (Å²) in [4.78, 5) is 9.83. The van der Waals surface area contributed by atoms with Gasteiger partial charge in [-0.05, 0) is 18.2 Å². The van der Waals surface area contributed by atoms with Crippen LogP contribution >= 0.6 is 0 Å². The second-order valence-corrected chi connectivity index (χ2v) is 6.15. The van der Waals surface area contributed by atoms with Crippen molar-refractivity contribution >= 4 is 21.4 Å². The largest absolute Gasteiger partial charge is 0.492 e. The Labute approximate surface area is 133 Å². The number of ether oxygens (including phenoxy) is 1. The summed E-state index contributed by atoms with van der Waals surface area (Å²) < 4.78 is 32.4. The van der Waals surface area contributed by atoms with Gasteiger partial charge in [0.1, 0.15) is 12.4 Å². The summed E-state index contributed by atoms with van der Waals surface area (Å²) in [5, 5.41) is 11.0. The van der Waals surface area contributed by atoms with E-state index in [1.165, 1.54) is 30.3 Å². The molecular formula is C14H15N3O5S. The molecule has 0 bridgehead atoms. The lowest BCUT2D eigenvalue weighted by molar-refractivity contribution is -0.387. The number of hydrogen-bond donors (Lipinski definition) is 2. The van der Waals surface area contributed by atoms with E-state index in [2.05, 4.69) is 4.72 Å². The number of rotatable bonds is 7. The first kappa shape index (κ1) is 16.7. The van der Waals surface area contributed by atoms with Crippen molar-refractivity contribution in [3.05, 3.63) is 58.6 Å². The molecule has 0 aliphatic heterocycles. The predicted molar refractivity (Wildman–Crippen MR) is 84.9 cm³/mol. The van der Waals surface area contributed by atoms with Crippen molar-refractivity contribution in [3.63, 3.8) is 0 Å². The molecule has 3 N–H and O–H groups in total. The monoisotopic (exact) mass is 337 g/mol. The van der Waals surface area contributed by atoms with Gasteiger partial charge in [-0.2, -0.15) is 0 Å². The topological polar surface area (TPSA) is 125 Å². The van der Waals surface area contributed by atoms with Gasteiger partial charge in [-0.25, -0.2) is 8.42 Å². The number of hydrogen-bond acceptors (Lipinski definition) is 6. The molecule has 8 nitrogen and oxygen atoms in total. The Morgan fingerprint density at radius 2 is 1.91 bits per heavy atom. The quantitative estimate of drug-likeness (QED) is 0.585. The van der Waals surface area contributed by atoms with Crippen LogP contribution in [0.1, 0.15) is 0 Å². The Kier molecular flexibility index (Phi) is 5.14. The van der Waals surface area contributed by atoms with Crippen LogP contribution in [0.2, 0.25) is 0 Å². The van der Waals surface area contributed by atoms with Gasteiger partial charge < -0.3 is 10.5 Å². The number of nitro benzene ring substituents is 1. The molecule has 0 spiro atoms. The normalized spacial score (nSPS) is 11.0. The maximum atomic E-state index is 12.4. The van der Waals surface area contributed by atoms with Crippen LogP contribution in [0.25, 0.3) is 0 Å². The molecule has 0 unspecified atom stereocenters. The van der Waals surface area contributed by atoms with Crippen molar-refractivity contribution in [3.8, 4) is 5.75 Å². The average molecular weight is 337 g/mol. The number of para-hydroxylation sites is 1. The van der Waals surface area contributed by atoms with Crippen molar-refractivity contribution in [2.45, 2.75) is 4.90 Å². The van der Waals surface area contributed by atoms with Crippen LogP contribution in [0.5, 0.6) is 5.75 Å². The molecule has 2 aromatic rings. The Morgan fingerprint density at radius 3 is 2.61 bits per heavy atom. The van der Waals surface area contributed by atoms with Gasteiger partial charge in [-0.3, -0.25) is 14.8 Å². The van der Waals surface area contributed by atoms with Crippen molar-refractivity contribution in [2.24, 2.45) is 5.73 Å². The number of nitrogens with one attached hydrogen (secondary N) is 1. The molecule has 0 fully saturated rings. The highest BCUT2D eigenvalue weighted by Crippen LogP contribution is 2.26. The second-order valence-electron chi connectivity index (χ2n) is 4.50. The molecule has 0 heterocycles. The Bertz CT molecular complexity index is 808. The number of sulfonamides is 1. The summed E-state index contributed by atoms with van der Waals surface area (Å²) in [5.74, 6) is 0.443. The lowest BCUT2D eigenvalue weighted by atomic mass is 10.3. The molecule has 2 rings (SSSR count). The number of benzene rings is 2. The SMILES string of the molecule is NCCOc1cccc(NS(=O)(=O)c2ccccc2[N+](=O)[O-])c1. The van der Waals surface area contributed by atoms with E-state index in [-0.39, 0.29) is 5.69 Å². The Morgan fingerprint density at radius 1 is 1.17 bits per heavy atom. The summed E-state index contributed by atoms with van der Waals surface area (Å²) in [6.07, 6.45) is 0. The van der Waals surface area contributed by atoms with Crippen LogP contribution < -0.4 is 15.2 Å². The molecule has 0 radical (unpaired) electrons. The Hall–Kier alpha value is -2.65. The third kappa shape index (κ3) is 4.18. The average Bonchev–Trinajstić information content (AvgIpc) is 2.53. The van der Waals surface area contributed by atoms with Gasteiger partial charge in [0.15, 0.2) is 4.90 Å². The second kappa shape index (κ2) is 7.07. The van der Waals surface area contributed by atoms with E-state index in [0.717, 1.165) is 6.07 Å². The van der Waals surface area contributed by atoms with Gasteiger partial charge in [0, 0.05) is 18.7 Å². The summed E-state index contributed by atoms with van der Waals surface area (Å²) in [7, 11) is -4.10. The van der Waals surface area contributed by atoms with Gasteiger partial charge in [0.2, 0.25) is 0 Å². The third-order valence-corrected chi connectivity index (χ3v) is 4.25. The van der Waals surface area contributed by atoms with E-state index in [4.69, 9.17) is 10.5 Å². The van der Waals surface area contributed by atoms with Crippen LogP contribution in [-0.2, 0) is 10.0 Å². The summed E-state index contributed by atoms with van der Waals surface area (Å²) >= 11 is 0. The molecule has 0 saturated heterocycles. The molecule has 9 heteroatoms. The van der Waals surface area contributed by atoms with E-state index in [0.29, 0.717) is 18.9 Å². The highest BCUT2D eigenvalue weighted by molar-refractivity contribution is 7.92. The lowest BCUT2D eigenvalue weighted by Crippen LogP contribution is -2.15. The highest BCUT2D eigenvalue weighted by atomic mass is 32.2. The first-order chi connectivity index (χ1) is 10.9. The summed E-state index contributed by atoms with van der Waals surface area (Å²) in [6, 6.07) is 11.4. The van der Waals surface area contributed by atoms with Gasteiger partial charge in [0.05, 0.1) is 10.6 Å². The zero-order chi connectivity index (χ0) is 16.9. The van der Waals surface area contributed by atoms with Crippen LogP contribution in [0.4, 0.5) is 11.4 Å². The lowest BCUT2D eigenvalue weighted by Gasteiger charge is -2.10. The van der Waals surface area contributed by atoms with Crippen LogP contribution in [-0.4, -0.2) is 26.5 Å². The third-order valence-electron chi connectivity index (χ3n) is 2.82. The fraction of sp³-hybridized carbons (Fsp3) is 0.143. The predicted octanol–water partition coefficient (Wildman–Crippen LogP) is 1.73. The van der Waals surface area contributed by atoms with E-state index >= 15 is 0 Å². The Balaban J connectivity index is 2.30. The van der Waals surface area contributed by atoms with Gasteiger partial charge in [-0.15, -0.1) is 0 Å². The van der Waals surface area contributed by atoms with Crippen molar-refractivity contribution in [2.75, 3.05) is 17.9 Å². The van der Waals surface area contributed by atoms with Crippen molar-refractivity contribution < 1.29 is 18.1 Å².